The second-order valence-corrected chi connectivity index (χ2v) is 8.91. The van der Waals surface area contributed by atoms with Crippen molar-refractivity contribution in [1.29, 1.82) is 0 Å². The normalized spacial score (nSPS) is 11.5. The number of methoxy groups -OCH3 is 1. The quantitative estimate of drug-likeness (QED) is 0.288. The van der Waals surface area contributed by atoms with Crippen LogP contribution < -0.4 is 15.4 Å². The van der Waals surface area contributed by atoms with Crippen LogP contribution in [-0.4, -0.2) is 39.4 Å². The first kappa shape index (κ1) is 25.6. The maximum Gasteiger partial charge on any atom is 0.251 e. The average Bonchev–Trinajstić information content (AvgIpc) is 3.23. The van der Waals surface area contributed by atoms with Crippen LogP contribution in [0, 0.1) is 0 Å². The molecule has 0 unspecified atom stereocenters. The molecule has 0 aliphatic carbocycles. The molecular weight excluding hydrogens is 497 g/mol. The van der Waals surface area contributed by atoms with Crippen molar-refractivity contribution in [2.75, 3.05) is 18.2 Å². The van der Waals surface area contributed by atoms with Gasteiger partial charge in [0.15, 0.2) is 11.0 Å². The lowest BCUT2D eigenvalue weighted by molar-refractivity contribution is -0.113. The number of halogens is 2. The molecule has 1 atom stereocenters. The summed E-state index contributed by atoms with van der Waals surface area (Å²) >= 11 is 13.3. The number of carbonyl (C=O) groups excluding carboxylic acids is 2. The Kier molecular flexibility index (Phi) is 8.98. The van der Waals surface area contributed by atoms with Gasteiger partial charge >= 0.3 is 0 Å². The van der Waals surface area contributed by atoms with Crippen LogP contribution in [0.4, 0.5) is 5.69 Å². The molecule has 8 nitrogen and oxygen atoms in total. The van der Waals surface area contributed by atoms with E-state index in [1.807, 2.05) is 6.92 Å². The van der Waals surface area contributed by atoms with E-state index < -0.39 is 6.04 Å². The molecule has 0 radical (unpaired) electrons. The minimum absolute atomic E-state index is 0.0741. The summed E-state index contributed by atoms with van der Waals surface area (Å²) in [7, 11) is 1.56. The van der Waals surface area contributed by atoms with E-state index in [9.17, 15) is 9.59 Å². The maximum atomic E-state index is 12.6. The van der Waals surface area contributed by atoms with Crippen LogP contribution in [0.25, 0.3) is 0 Å². The van der Waals surface area contributed by atoms with Crippen molar-refractivity contribution >= 4 is 52.5 Å². The van der Waals surface area contributed by atoms with Gasteiger partial charge in [0.05, 0.1) is 29.6 Å². The number of aromatic nitrogens is 3. The number of allylic oxidation sites excluding steroid dienone is 1. The molecule has 2 aromatic carbocycles. The Labute approximate surface area is 211 Å². The van der Waals surface area contributed by atoms with Crippen LogP contribution in [-0.2, 0) is 11.3 Å². The van der Waals surface area contributed by atoms with Crippen LogP contribution in [0.2, 0.25) is 10.0 Å². The SMILES string of the molecule is C=CCn1c(SCC(=O)Nc2cc(Cl)ccc2Cl)nnc1[C@@H](C)NC(=O)c1ccc(OC)cc1. The fraction of sp³-hybridized carbons (Fsp3) is 0.217. The summed E-state index contributed by atoms with van der Waals surface area (Å²) in [4.78, 5) is 25.1. The Balaban J connectivity index is 1.66. The molecule has 0 aliphatic rings. The van der Waals surface area contributed by atoms with Gasteiger partial charge in [0.2, 0.25) is 5.91 Å². The molecule has 0 aliphatic heterocycles. The lowest BCUT2D eigenvalue weighted by Crippen LogP contribution is -2.28. The predicted molar refractivity (Wildman–Crippen MR) is 135 cm³/mol. The highest BCUT2D eigenvalue weighted by molar-refractivity contribution is 7.99. The summed E-state index contributed by atoms with van der Waals surface area (Å²) in [6.07, 6.45) is 1.70. The summed E-state index contributed by atoms with van der Waals surface area (Å²) < 4.78 is 6.92. The van der Waals surface area contributed by atoms with Crippen molar-refractivity contribution in [3.63, 3.8) is 0 Å². The zero-order valence-electron chi connectivity index (χ0n) is 18.5. The highest BCUT2D eigenvalue weighted by Gasteiger charge is 2.20. The van der Waals surface area contributed by atoms with Gasteiger partial charge in [-0.15, -0.1) is 16.8 Å². The molecule has 0 saturated carbocycles. The van der Waals surface area contributed by atoms with E-state index in [4.69, 9.17) is 27.9 Å². The lowest BCUT2D eigenvalue weighted by Gasteiger charge is -2.15. The van der Waals surface area contributed by atoms with Crippen molar-refractivity contribution in [2.24, 2.45) is 0 Å². The standard InChI is InChI=1S/C23H23Cl2N5O3S/c1-4-11-30-21(14(2)26-22(32)15-5-8-17(33-3)9-6-15)28-29-23(30)34-13-20(31)27-19-12-16(24)7-10-18(19)25/h4-10,12,14H,1,11,13H2,2-3H3,(H,26,32)(H,27,31)/t14-/m1/s1. The maximum absolute atomic E-state index is 12.6. The molecule has 1 heterocycles. The first-order valence-electron chi connectivity index (χ1n) is 10.2. The summed E-state index contributed by atoms with van der Waals surface area (Å²) in [5, 5.41) is 15.5. The molecule has 2 N–H and O–H groups in total. The van der Waals surface area contributed by atoms with Crippen LogP contribution in [0.15, 0.2) is 60.3 Å². The van der Waals surface area contributed by atoms with E-state index in [1.54, 1.807) is 60.2 Å². The summed E-state index contributed by atoms with van der Waals surface area (Å²) in [6.45, 7) is 6.00. The van der Waals surface area contributed by atoms with Crippen LogP contribution in [0.3, 0.4) is 0 Å². The molecule has 0 bridgehead atoms. The number of benzene rings is 2. The van der Waals surface area contributed by atoms with Gasteiger partial charge in [-0.05, 0) is 49.4 Å². The third-order valence-electron chi connectivity index (χ3n) is 4.68. The van der Waals surface area contributed by atoms with Crippen molar-refractivity contribution in [3.8, 4) is 5.75 Å². The lowest BCUT2D eigenvalue weighted by atomic mass is 10.2. The second-order valence-electron chi connectivity index (χ2n) is 7.12. The number of amides is 2. The van der Waals surface area contributed by atoms with Gasteiger partial charge < -0.3 is 19.9 Å². The van der Waals surface area contributed by atoms with Gasteiger partial charge in [-0.1, -0.05) is 41.0 Å². The van der Waals surface area contributed by atoms with Gasteiger partial charge in [-0.3, -0.25) is 9.59 Å². The van der Waals surface area contributed by atoms with E-state index in [0.717, 1.165) is 0 Å². The highest BCUT2D eigenvalue weighted by Crippen LogP contribution is 2.26. The Morgan fingerprint density at radius 2 is 1.94 bits per heavy atom. The Morgan fingerprint density at radius 3 is 2.62 bits per heavy atom. The van der Waals surface area contributed by atoms with Crippen molar-refractivity contribution in [3.05, 3.63) is 76.6 Å². The molecule has 3 rings (SSSR count). The van der Waals surface area contributed by atoms with E-state index in [2.05, 4.69) is 27.4 Å². The summed E-state index contributed by atoms with van der Waals surface area (Å²) in [5.41, 5.74) is 0.927. The van der Waals surface area contributed by atoms with Crippen molar-refractivity contribution in [2.45, 2.75) is 24.7 Å². The number of carbonyl (C=O) groups is 2. The number of hydrogen-bond acceptors (Lipinski definition) is 6. The molecule has 178 valence electrons. The van der Waals surface area contributed by atoms with Crippen LogP contribution in [0.5, 0.6) is 5.75 Å². The monoisotopic (exact) mass is 519 g/mol. The zero-order valence-corrected chi connectivity index (χ0v) is 20.9. The van der Waals surface area contributed by atoms with Crippen molar-refractivity contribution in [1.82, 2.24) is 20.1 Å². The Bertz CT molecular complexity index is 1180. The van der Waals surface area contributed by atoms with E-state index in [-0.39, 0.29) is 17.6 Å². The summed E-state index contributed by atoms with van der Waals surface area (Å²) in [6, 6.07) is 11.2. The molecule has 1 aromatic heterocycles. The topological polar surface area (TPSA) is 98.1 Å². The minimum atomic E-state index is -0.435. The minimum Gasteiger partial charge on any atom is -0.497 e. The third kappa shape index (κ3) is 6.53. The number of rotatable bonds is 10. The largest absolute Gasteiger partial charge is 0.497 e. The average molecular weight is 520 g/mol. The van der Waals surface area contributed by atoms with Crippen LogP contribution in [0.1, 0.15) is 29.1 Å². The number of anilines is 1. The molecular formula is C23H23Cl2N5O3S. The Morgan fingerprint density at radius 1 is 1.21 bits per heavy atom. The van der Waals surface area contributed by atoms with E-state index in [0.29, 0.717) is 44.6 Å². The fourth-order valence-corrected chi connectivity index (χ4v) is 4.12. The highest BCUT2D eigenvalue weighted by atomic mass is 35.5. The van der Waals surface area contributed by atoms with Gasteiger partial charge in [0.1, 0.15) is 5.75 Å². The van der Waals surface area contributed by atoms with Gasteiger partial charge in [-0.25, -0.2) is 0 Å². The third-order valence-corrected chi connectivity index (χ3v) is 6.21. The molecule has 34 heavy (non-hydrogen) atoms. The predicted octanol–water partition coefficient (Wildman–Crippen LogP) is 5.00. The summed E-state index contributed by atoms with van der Waals surface area (Å²) in [5.74, 6) is 0.756. The molecule has 0 fully saturated rings. The van der Waals surface area contributed by atoms with Gasteiger partial charge in [0, 0.05) is 17.1 Å². The number of nitrogens with zero attached hydrogens (tertiary/aromatic N) is 3. The number of thioether (sulfide) groups is 1. The molecule has 3 aromatic rings. The van der Waals surface area contributed by atoms with Gasteiger partial charge in [0.25, 0.3) is 5.91 Å². The smallest absolute Gasteiger partial charge is 0.251 e. The van der Waals surface area contributed by atoms with Crippen molar-refractivity contribution < 1.29 is 14.3 Å². The first-order chi connectivity index (χ1) is 16.3. The van der Waals surface area contributed by atoms with Crippen LogP contribution >= 0.6 is 35.0 Å². The number of nitrogens with one attached hydrogen (secondary N) is 2. The molecule has 0 saturated heterocycles. The second kappa shape index (κ2) is 11.9. The molecule has 2 amide bonds. The van der Waals surface area contributed by atoms with Gasteiger partial charge in [-0.2, -0.15) is 0 Å². The zero-order chi connectivity index (χ0) is 24.7. The fourth-order valence-electron chi connectivity index (χ4n) is 3.02. The van der Waals surface area contributed by atoms with E-state index in [1.165, 1.54) is 11.8 Å². The molecule has 11 heteroatoms. The van der Waals surface area contributed by atoms with E-state index >= 15 is 0 Å². The number of hydrogen-bond donors (Lipinski definition) is 2. The number of ether oxygens (including phenoxy) is 1. The Hall–Kier alpha value is -3.01. The molecule has 0 spiro atoms. The first-order valence-corrected chi connectivity index (χ1v) is 11.9.